The van der Waals surface area contributed by atoms with Gasteiger partial charge in [0.05, 0.1) is 18.2 Å². The number of nitrogens with two attached hydrogens (primary N) is 1. The first-order valence-electron chi connectivity index (χ1n) is 11.3. The molecule has 180 valence electrons. The number of likely N-dealkylation sites (N-methyl/N-ethyl adjacent to an activating group) is 1. The Morgan fingerprint density at radius 1 is 0.839 bits per heavy atom. The highest BCUT2D eigenvalue weighted by Gasteiger charge is 2.46. The Hall–Kier alpha value is -1.71. The molecule has 0 aromatic heterocycles. The van der Waals surface area contributed by atoms with Crippen molar-refractivity contribution in [3.63, 3.8) is 0 Å². The predicted octanol–water partition coefficient (Wildman–Crippen LogP) is 0.273. The number of amides is 3. The molecule has 0 aromatic rings. The maximum absolute atomic E-state index is 13.0. The summed E-state index contributed by atoms with van der Waals surface area (Å²) in [4.78, 5) is 37.0. The van der Waals surface area contributed by atoms with Gasteiger partial charge in [0, 0.05) is 28.5 Å². The minimum Gasteiger partial charge on any atom is -0.363 e. The molecule has 0 aromatic carbocycles. The summed E-state index contributed by atoms with van der Waals surface area (Å²) in [5.41, 5.74) is 5.85. The zero-order valence-electron chi connectivity index (χ0n) is 19.8. The zero-order valence-corrected chi connectivity index (χ0v) is 19.8. The number of carbonyl (C=O) groups is 3. The number of hydrogen-bond donors (Lipinski definition) is 4. The van der Waals surface area contributed by atoms with Crippen molar-refractivity contribution in [2.45, 2.75) is 72.0 Å². The molecule has 0 saturated carbocycles. The SMILES string of the molecule is CNC(=O)[C@@H]1O[C@H](CNC(=O)[C@@H]2O[C@H](CN)C(C)C(C)C2C)C(C)C(C)C1NC(C)=O.[HH]. The Labute approximate surface area is 187 Å². The minimum atomic E-state index is -0.825. The van der Waals surface area contributed by atoms with E-state index in [-0.39, 0.29) is 61.6 Å². The number of nitrogens with one attached hydrogen (secondary N) is 3. The van der Waals surface area contributed by atoms with Gasteiger partial charge in [-0.1, -0.05) is 34.6 Å². The average Bonchev–Trinajstić information content (AvgIpc) is 2.74. The molecule has 9 heteroatoms. The second-order valence-corrected chi connectivity index (χ2v) is 9.31. The maximum atomic E-state index is 13.0. The molecular weight excluding hydrogens is 400 g/mol. The Balaban J connectivity index is 0.00000512. The van der Waals surface area contributed by atoms with Crippen LogP contribution in [0.2, 0.25) is 0 Å². The molecular formula is C22H42N4O5. The van der Waals surface area contributed by atoms with Gasteiger partial charge in [0.2, 0.25) is 11.8 Å². The molecule has 9 nitrogen and oxygen atoms in total. The van der Waals surface area contributed by atoms with E-state index in [9.17, 15) is 14.4 Å². The normalized spacial score (nSPS) is 40.6. The highest BCUT2D eigenvalue weighted by Crippen LogP contribution is 2.35. The molecule has 0 aliphatic carbocycles. The van der Waals surface area contributed by atoms with E-state index < -0.39 is 18.2 Å². The summed E-state index contributed by atoms with van der Waals surface area (Å²) in [7, 11) is 1.54. The van der Waals surface area contributed by atoms with E-state index in [4.69, 9.17) is 15.2 Å². The lowest BCUT2D eigenvalue weighted by atomic mass is 9.76. The Morgan fingerprint density at radius 3 is 1.97 bits per heavy atom. The minimum absolute atomic E-state index is 0. The molecule has 5 N–H and O–H groups in total. The van der Waals surface area contributed by atoms with Gasteiger partial charge >= 0.3 is 0 Å². The molecule has 2 aliphatic rings. The van der Waals surface area contributed by atoms with E-state index in [1.54, 1.807) is 0 Å². The van der Waals surface area contributed by atoms with Crippen LogP contribution in [0.15, 0.2) is 0 Å². The Bertz CT molecular complexity index is 664. The van der Waals surface area contributed by atoms with Crippen molar-refractivity contribution in [1.29, 1.82) is 0 Å². The molecule has 0 radical (unpaired) electrons. The highest BCUT2D eigenvalue weighted by molar-refractivity contribution is 5.83. The van der Waals surface area contributed by atoms with Crippen molar-refractivity contribution in [3.05, 3.63) is 0 Å². The number of rotatable bonds is 6. The standard InChI is InChI=1S/C22H40N4O5.H2/c1-10-11(2)16(8-23)30-19(14(10)5)22(29)25-9-17-12(3)13(4)18(26-15(6)27)20(31-17)21(28)24-7;/h10-14,16-20H,8-9,23H2,1-7H3,(H,24,28)(H,25,29)(H,26,27);1H/t10?,11?,12?,13?,14?,16-,17-,18?,19-,20-;/m1./s1. The molecule has 2 rings (SSSR count). The predicted molar refractivity (Wildman–Crippen MR) is 119 cm³/mol. The fourth-order valence-corrected chi connectivity index (χ4v) is 4.78. The monoisotopic (exact) mass is 442 g/mol. The first-order valence-corrected chi connectivity index (χ1v) is 11.3. The van der Waals surface area contributed by atoms with Gasteiger partial charge in [-0.3, -0.25) is 14.4 Å². The summed E-state index contributed by atoms with van der Waals surface area (Å²) in [5, 5.41) is 8.42. The molecule has 0 bridgehead atoms. The van der Waals surface area contributed by atoms with Gasteiger partial charge < -0.3 is 31.2 Å². The van der Waals surface area contributed by atoms with Crippen LogP contribution in [0.5, 0.6) is 0 Å². The van der Waals surface area contributed by atoms with Gasteiger partial charge in [0.1, 0.15) is 6.10 Å². The molecule has 10 atom stereocenters. The van der Waals surface area contributed by atoms with Crippen LogP contribution >= 0.6 is 0 Å². The third-order valence-corrected chi connectivity index (χ3v) is 7.52. The molecule has 2 heterocycles. The summed E-state index contributed by atoms with van der Waals surface area (Å²) < 4.78 is 12.1. The van der Waals surface area contributed by atoms with E-state index >= 15 is 0 Å². The molecule has 6 unspecified atom stereocenters. The molecule has 31 heavy (non-hydrogen) atoms. The van der Waals surface area contributed by atoms with Crippen molar-refractivity contribution in [2.24, 2.45) is 35.3 Å². The molecule has 2 fully saturated rings. The van der Waals surface area contributed by atoms with Crippen LogP contribution in [0.1, 0.15) is 43.0 Å². The summed E-state index contributed by atoms with van der Waals surface area (Å²) in [6, 6.07) is -0.436. The van der Waals surface area contributed by atoms with Gasteiger partial charge in [-0.25, -0.2) is 0 Å². The lowest BCUT2D eigenvalue weighted by Crippen LogP contribution is -2.62. The molecule has 2 saturated heterocycles. The topological polar surface area (TPSA) is 132 Å². The second-order valence-electron chi connectivity index (χ2n) is 9.31. The van der Waals surface area contributed by atoms with E-state index in [1.165, 1.54) is 14.0 Å². The van der Waals surface area contributed by atoms with E-state index in [1.807, 2.05) is 20.8 Å². The molecule has 2 aliphatic heterocycles. The summed E-state index contributed by atoms with van der Waals surface area (Å²) in [6.45, 7) is 12.3. The number of ether oxygens (including phenoxy) is 2. The summed E-state index contributed by atoms with van der Waals surface area (Å²) in [6.07, 6.45) is -1.91. The largest absolute Gasteiger partial charge is 0.363 e. The second kappa shape index (κ2) is 10.7. The van der Waals surface area contributed by atoms with Crippen molar-refractivity contribution in [3.8, 4) is 0 Å². The lowest BCUT2D eigenvalue weighted by molar-refractivity contribution is -0.166. The van der Waals surface area contributed by atoms with Crippen LogP contribution in [0.25, 0.3) is 0 Å². The fourth-order valence-electron chi connectivity index (χ4n) is 4.78. The molecule has 0 spiro atoms. The van der Waals surface area contributed by atoms with Gasteiger partial charge in [0.25, 0.3) is 5.91 Å². The van der Waals surface area contributed by atoms with Gasteiger partial charge in [-0.2, -0.15) is 0 Å². The van der Waals surface area contributed by atoms with E-state index in [2.05, 4.69) is 29.8 Å². The van der Waals surface area contributed by atoms with Gasteiger partial charge in [-0.15, -0.1) is 0 Å². The van der Waals surface area contributed by atoms with E-state index in [0.29, 0.717) is 12.5 Å². The lowest BCUT2D eigenvalue weighted by Gasteiger charge is -2.45. The molecule has 3 amide bonds. The van der Waals surface area contributed by atoms with Crippen LogP contribution in [0.4, 0.5) is 0 Å². The van der Waals surface area contributed by atoms with Crippen molar-refractivity contribution < 1.29 is 25.3 Å². The third-order valence-electron chi connectivity index (χ3n) is 7.52. The fraction of sp³-hybridized carbons (Fsp3) is 0.864. The summed E-state index contributed by atoms with van der Waals surface area (Å²) in [5.74, 6) is -0.0590. The summed E-state index contributed by atoms with van der Waals surface area (Å²) >= 11 is 0. The number of hydrogen-bond acceptors (Lipinski definition) is 6. The quantitative estimate of drug-likeness (QED) is 0.467. The van der Waals surface area contributed by atoms with Crippen molar-refractivity contribution >= 4 is 17.7 Å². The number of carbonyl (C=O) groups excluding carboxylic acids is 3. The Kier molecular flexibility index (Phi) is 8.85. The smallest absolute Gasteiger partial charge is 0.251 e. The average molecular weight is 443 g/mol. The van der Waals surface area contributed by atoms with Crippen LogP contribution in [-0.4, -0.2) is 68.3 Å². The Morgan fingerprint density at radius 2 is 1.42 bits per heavy atom. The third kappa shape index (κ3) is 5.56. The zero-order chi connectivity index (χ0) is 23.5. The van der Waals surface area contributed by atoms with Crippen LogP contribution < -0.4 is 21.7 Å². The van der Waals surface area contributed by atoms with Gasteiger partial charge in [-0.05, 0) is 29.6 Å². The maximum Gasteiger partial charge on any atom is 0.251 e. The van der Waals surface area contributed by atoms with Crippen LogP contribution in [0, 0.1) is 29.6 Å². The first-order chi connectivity index (χ1) is 14.5. The highest BCUT2D eigenvalue weighted by atomic mass is 16.5. The van der Waals surface area contributed by atoms with Crippen LogP contribution in [-0.2, 0) is 23.9 Å². The first kappa shape index (κ1) is 25.5. The van der Waals surface area contributed by atoms with E-state index in [0.717, 1.165) is 0 Å². The van der Waals surface area contributed by atoms with Crippen LogP contribution in [0.3, 0.4) is 0 Å². The van der Waals surface area contributed by atoms with Crippen molar-refractivity contribution in [2.75, 3.05) is 20.1 Å². The van der Waals surface area contributed by atoms with Crippen molar-refractivity contribution in [1.82, 2.24) is 16.0 Å². The van der Waals surface area contributed by atoms with Gasteiger partial charge in [0.15, 0.2) is 6.10 Å².